The molecule has 0 aromatic heterocycles. The molecule has 37 heavy (non-hydrogen) atoms. The van der Waals surface area contributed by atoms with Gasteiger partial charge in [-0.1, -0.05) is 72.3 Å². The molecule has 0 saturated carbocycles. The number of aryl methyl sites for hydroxylation is 1. The van der Waals surface area contributed by atoms with Crippen LogP contribution >= 0.6 is 11.6 Å². The van der Waals surface area contributed by atoms with E-state index in [2.05, 4.69) is 5.32 Å². The third kappa shape index (κ3) is 7.81. The molecule has 0 unspecified atom stereocenters. The Morgan fingerprint density at radius 2 is 1.54 bits per heavy atom. The second-order valence-corrected chi connectivity index (χ2v) is 11.2. The zero-order chi connectivity index (χ0) is 27.0. The maximum atomic E-state index is 13.9. The first-order valence-electron chi connectivity index (χ1n) is 12.0. The van der Waals surface area contributed by atoms with Gasteiger partial charge in [-0.25, -0.2) is 8.42 Å². The number of hydrogen-bond acceptors (Lipinski definition) is 4. The summed E-state index contributed by atoms with van der Waals surface area (Å²) in [5.41, 5.74) is 2.69. The van der Waals surface area contributed by atoms with Crippen LogP contribution < -0.4 is 9.62 Å². The van der Waals surface area contributed by atoms with Crippen LogP contribution in [0, 0.1) is 6.92 Å². The minimum atomic E-state index is -3.83. The number of nitrogens with one attached hydrogen (secondary N) is 1. The molecular weight excluding hydrogens is 510 g/mol. The van der Waals surface area contributed by atoms with Crippen LogP contribution in [-0.4, -0.2) is 50.5 Å². The Hall–Kier alpha value is -3.36. The highest BCUT2D eigenvalue weighted by Crippen LogP contribution is 2.26. The average Bonchev–Trinajstić information content (AvgIpc) is 2.86. The molecule has 0 aliphatic carbocycles. The Morgan fingerprint density at radius 3 is 2.08 bits per heavy atom. The monoisotopic (exact) mass is 541 g/mol. The number of amides is 2. The van der Waals surface area contributed by atoms with Gasteiger partial charge in [0.05, 0.1) is 11.9 Å². The van der Waals surface area contributed by atoms with E-state index in [0.29, 0.717) is 22.8 Å². The number of anilines is 1. The van der Waals surface area contributed by atoms with Crippen molar-refractivity contribution >= 4 is 39.1 Å². The van der Waals surface area contributed by atoms with Gasteiger partial charge >= 0.3 is 0 Å². The van der Waals surface area contributed by atoms with Crippen LogP contribution in [0.3, 0.4) is 0 Å². The van der Waals surface area contributed by atoms with E-state index in [9.17, 15) is 18.0 Å². The van der Waals surface area contributed by atoms with E-state index in [1.54, 1.807) is 25.1 Å². The summed E-state index contributed by atoms with van der Waals surface area (Å²) in [6, 6.07) is 22.7. The fraction of sp³-hybridized carbons (Fsp3) is 0.286. The first kappa shape index (κ1) is 28.2. The summed E-state index contributed by atoms with van der Waals surface area (Å²) in [6.45, 7) is 3.63. The molecule has 0 fully saturated rings. The van der Waals surface area contributed by atoms with E-state index in [1.807, 2.05) is 67.6 Å². The molecule has 2 amide bonds. The number of halogens is 1. The molecule has 196 valence electrons. The number of sulfonamides is 1. The summed E-state index contributed by atoms with van der Waals surface area (Å²) in [5.74, 6) is -0.792. The lowest BCUT2D eigenvalue weighted by atomic mass is 10.0. The van der Waals surface area contributed by atoms with Crippen molar-refractivity contribution in [3.63, 3.8) is 0 Å². The van der Waals surface area contributed by atoms with Crippen LogP contribution in [0.1, 0.15) is 23.6 Å². The topological polar surface area (TPSA) is 86.8 Å². The summed E-state index contributed by atoms with van der Waals surface area (Å²) >= 11 is 6.08. The van der Waals surface area contributed by atoms with Crippen molar-refractivity contribution in [3.05, 3.63) is 101 Å². The number of hydrogen-bond donors (Lipinski definition) is 1. The zero-order valence-electron chi connectivity index (χ0n) is 21.2. The number of carbonyl (C=O) groups excluding carboxylic acids is 2. The van der Waals surface area contributed by atoms with Crippen molar-refractivity contribution in [2.45, 2.75) is 32.9 Å². The summed E-state index contributed by atoms with van der Waals surface area (Å²) in [4.78, 5) is 28.7. The van der Waals surface area contributed by atoms with Gasteiger partial charge in [-0.15, -0.1) is 0 Å². The molecule has 0 aliphatic rings. The van der Waals surface area contributed by atoms with Crippen LogP contribution in [0.5, 0.6) is 0 Å². The van der Waals surface area contributed by atoms with Crippen molar-refractivity contribution in [3.8, 4) is 0 Å². The molecule has 3 rings (SSSR count). The SMILES string of the molecule is CCNC(=O)[C@H](Cc1ccccc1)N(Cc1ccccc1)C(=O)CN(c1ccc(Cl)cc1C)S(C)(=O)=O. The second-order valence-electron chi connectivity index (χ2n) is 8.81. The molecule has 1 atom stereocenters. The van der Waals surface area contributed by atoms with E-state index in [-0.39, 0.29) is 18.9 Å². The van der Waals surface area contributed by atoms with Crippen LogP contribution in [0.25, 0.3) is 0 Å². The second kappa shape index (κ2) is 12.7. The summed E-state index contributed by atoms with van der Waals surface area (Å²) in [6.07, 6.45) is 1.34. The third-order valence-corrected chi connectivity index (χ3v) is 7.29. The van der Waals surface area contributed by atoms with Gasteiger partial charge in [-0.3, -0.25) is 13.9 Å². The van der Waals surface area contributed by atoms with Crippen LogP contribution in [0.15, 0.2) is 78.9 Å². The molecule has 0 bridgehead atoms. The maximum Gasteiger partial charge on any atom is 0.244 e. The van der Waals surface area contributed by atoms with Crippen LogP contribution in [0.2, 0.25) is 5.02 Å². The quantitative estimate of drug-likeness (QED) is 0.394. The predicted octanol–water partition coefficient (Wildman–Crippen LogP) is 4.19. The smallest absolute Gasteiger partial charge is 0.244 e. The van der Waals surface area contributed by atoms with Gasteiger partial charge in [0.1, 0.15) is 12.6 Å². The lowest BCUT2D eigenvalue weighted by Crippen LogP contribution is -2.53. The average molecular weight is 542 g/mol. The highest BCUT2D eigenvalue weighted by atomic mass is 35.5. The third-order valence-electron chi connectivity index (χ3n) is 5.92. The number of nitrogens with zero attached hydrogens (tertiary/aromatic N) is 2. The predicted molar refractivity (Wildman–Crippen MR) is 148 cm³/mol. The summed E-state index contributed by atoms with van der Waals surface area (Å²) in [7, 11) is -3.83. The Bertz CT molecular complexity index is 1320. The molecule has 3 aromatic carbocycles. The molecule has 7 nitrogen and oxygen atoms in total. The van der Waals surface area contributed by atoms with Gasteiger partial charge in [-0.2, -0.15) is 0 Å². The molecular formula is C28H32ClN3O4S. The molecule has 9 heteroatoms. The Kier molecular flexibility index (Phi) is 9.72. The highest BCUT2D eigenvalue weighted by molar-refractivity contribution is 7.92. The first-order chi connectivity index (χ1) is 17.6. The standard InChI is InChI=1S/C28H32ClN3O4S/c1-4-30-28(34)26(18-22-11-7-5-8-12-22)31(19-23-13-9-6-10-14-23)27(33)20-32(37(3,35)36)25-16-15-24(29)17-21(25)2/h5-17,26H,4,18-20H2,1-3H3,(H,30,34)/t26-/m0/s1. The fourth-order valence-corrected chi connectivity index (χ4v) is 5.25. The molecule has 0 spiro atoms. The summed E-state index contributed by atoms with van der Waals surface area (Å²) < 4.78 is 26.7. The normalized spacial score (nSPS) is 12.0. The number of likely N-dealkylation sites (N-methyl/N-ethyl adjacent to an activating group) is 1. The van der Waals surface area contributed by atoms with E-state index < -0.39 is 28.5 Å². The van der Waals surface area contributed by atoms with Gasteiger partial charge < -0.3 is 10.2 Å². The molecule has 1 N–H and O–H groups in total. The molecule has 0 saturated heterocycles. The number of carbonyl (C=O) groups is 2. The number of benzene rings is 3. The minimum absolute atomic E-state index is 0.144. The van der Waals surface area contributed by atoms with Crippen LogP contribution in [0.4, 0.5) is 5.69 Å². The zero-order valence-corrected chi connectivity index (χ0v) is 22.8. The number of rotatable bonds is 11. The van der Waals surface area contributed by atoms with Gasteiger partial charge in [0, 0.05) is 24.5 Å². The van der Waals surface area contributed by atoms with Gasteiger partial charge in [0.15, 0.2) is 0 Å². The molecule has 0 aliphatic heterocycles. The van der Waals surface area contributed by atoms with Crippen LogP contribution in [-0.2, 0) is 32.6 Å². The highest BCUT2D eigenvalue weighted by Gasteiger charge is 2.33. The van der Waals surface area contributed by atoms with Gasteiger partial charge in [-0.05, 0) is 48.7 Å². The van der Waals surface area contributed by atoms with Crippen molar-refractivity contribution < 1.29 is 18.0 Å². The van der Waals surface area contributed by atoms with E-state index in [4.69, 9.17) is 11.6 Å². The Balaban J connectivity index is 2.04. The molecule has 0 heterocycles. The summed E-state index contributed by atoms with van der Waals surface area (Å²) in [5, 5.41) is 3.30. The minimum Gasteiger partial charge on any atom is -0.355 e. The van der Waals surface area contributed by atoms with Gasteiger partial charge in [0.25, 0.3) is 0 Å². The van der Waals surface area contributed by atoms with E-state index >= 15 is 0 Å². The maximum absolute atomic E-state index is 13.9. The molecule has 0 radical (unpaired) electrons. The first-order valence-corrected chi connectivity index (χ1v) is 14.2. The van der Waals surface area contributed by atoms with Crippen molar-refractivity contribution in [1.82, 2.24) is 10.2 Å². The molecule has 3 aromatic rings. The van der Waals surface area contributed by atoms with E-state index in [0.717, 1.165) is 21.7 Å². The Morgan fingerprint density at radius 1 is 0.946 bits per heavy atom. The fourth-order valence-electron chi connectivity index (χ4n) is 4.12. The van der Waals surface area contributed by atoms with Crippen molar-refractivity contribution in [2.24, 2.45) is 0 Å². The lowest BCUT2D eigenvalue weighted by Gasteiger charge is -2.33. The lowest BCUT2D eigenvalue weighted by molar-refractivity contribution is -0.140. The van der Waals surface area contributed by atoms with Gasteiger partial charge in [0.2, 0.25) is 21.8 Å². The van der Waals surface area contributed by atoms with Crippen molar-refractivity contribution in [2.75, 3.05) is 23.7 Å². The largest absolute Gasteiger partial charge is 0.355 e. The van der Waals surface area contributed by atoms with Crippen molar-refractivity contribution in [1.29, 1.82) is 0 Å². The Labute approximate surface area is 224 Å². The van der Waals surface area contributed by atoms with E-state index in [1.165, 1.54) is 4.90 Å².